The van der Waals surface area contributed by atoms with Crippen LogP contribution in [0.25, 0.3) is 0 Å². The third-order valence-electron chi connectivity index (χ3n) is 1.33. The van der Waals surface area contributed by atoms with Crippen molar-refractivity contribution >= 4 is 5.97 Å². The van der Waals surface area contributed by atoms with Crippen LogP contribution in [0.3, 0.4) is 0 Å². The summed E-state index contributed by atoms with van der Waals surface area (Å²) in [6.45, 7) is 0.208. The number of pyridine rings is 1. The van der Waals surface area contributed by atoms with Gasteiger partial charge in [-0.2, -0.15) is 5.48 Å². The molecule has 1 rings (SSSR count). The van der Waals surface area contributed by atoms with Crippen LogP contribution in [0, 0.1) is 0 Å². The smallest absolute Gasteiger partial charge is 0.337 e. The first-order valence-electron chi connectivity index (χ1n) is 3.29. The SMILES string of the molecule is O=C(O)c1ccc(CNO)nc1. The van der Waals surface area contributed by atoms with E-state index in [-0.39, 0.29) is 12.1 Å². The monoisotopic (exact) mass is 168 g/mol. The van der Waals surface area contributed by atoms with Crippen LogP contribution >= 0.6 is 0 Å². The average Bonchev–Trinajstić information content (AvgIpc) is 2.06. The van der Waals surface area contributed by atoms with E-state index in [1.807, 2.05) is 5.48 Å². The zero-order valence-corrected chi connectivity index (χ0v) is 6.19. The normalized spacial score (nSPS) is 9.75. The fraction of sp³-hybridized carbons (Fsp3) is 0.143. The zero-order chi connectivity index (χ0) is 8.97. The van der Waals surface area contributed by atoms with Crippen LogP contribution < -0.4 is 5.48 Å². The van der Waals surface area contributed by atoms with Crippen molar-refractivity contribution in [1.82, 2.24) is 10.5 Å². The topological polar surface area (TPSA) is 82.5 Å². The van der Waals surface area contributed by atoms with E-state index in [9.17, 15) is 4.79 Å². The van der Waals surface area contributed by atoms with Crippen molar-refractivity contribution in [2.45, 2.75) is 6.54 Å². The van der Waals surface area contributed by atoms with Gasteiger partial charge in [0.15, 0.2) is 0 Å². The highest BCUT2D eigenvalue weighted by Crippen LogP contribution is 1.99. The summed E-state index contributed by atoms with van der Waals surface area (Å²) in [6.07, 6.45) is 1.25. The Hall–Kier alpha value is -1.46. The van der Waals surface area contributed by atoms with E-state index in [4.69, 9.17) is 10.3 Å². The summed E-state index contributed by atoms with van der Waals surface area (Å²) in [4.78, 5) is 14.2. The second kappa shape index (κ2) is 3.80. The Morgan fingerprint density at radius 1 is 1.58 bits per heavy atom. The highest BCUT2D eigenvalue weighted by molar-refractivity contribution is 5.87. The average molecular weight is 168 g/mol. The van der Waals surface area contributed by atoms with Gasteiger partial charge in [-0.1, -0.05) is 0 Å². The van der Waals surface area contributed by atoms with Gasteiger partial charge < -0.3 is 10.3 Å². The molecule has 0 fully saturated rings. The fourth-order valence-corrected chi connectivity index (χ4v) is 0.737. The molecule has 0 aliphatic carbocycles. The minimum Gasteiger partial charge on any atom is -0.478 e. The van der Waals surface area contributed by atoms with E-state index < -0.39 is 5.97 Å². The standard InChI is InChI=1S/C7H8N2O3/c10-7(11)5-1-2-6(4-9-12)8-3-5/h1-3,9,12H,4H2,(H,10,11). The third kappa shape index (κ3) is 2.01. The molecule has 12 heavy (non-hydrogen) atoms. The summed E-state index contributed by atoms with van der Waals surface area (Å²) in [6, 6.07) is 2.97. The molecule has 1 aromatic heterocycles. The maximum Gasteiger partial charge on any atom is 0.337 e. The van der Waals surface area contributed by atoms with Gasteiger partial charge in [-0.05, 0) is 12.1 Å². The Morgan fingerprint density at radius 2 is 2.33 bits per heavy atom. The summed E-state index contributed by atoms with van der Waals surface area (Å²) in [5.74, 6) is -1.01. The van der Waals surface area contributed by atoms with Crippen LogP contribution in [0.1, 0.15) is 16.1 Å². The van der Waals surface area contributed by atoms with Crippen LogP contribution in [0.2, 0.25) is 0 Å². The molecular formula is C7H8N2O3. The lowest BCUT2D eigenvalue weighted by Gasteiger charge is -1.97. The van der Waals surface area contributed by atoms with Crippen LogP contribution in [-0.4, -0.2) is 21.3 Å². The largest absolute Gasteiger partial charge is 0.478 e. The summed E-state index contributed by atoms with van der Waals surface area (Å²) >= 11 is 0. The van der Waals surface area contributed by atoms with E-state index in [0.717, 1.165) is 0 Å². The summed E-state index contributed by atoms with van der Waals surface area (Å²) in [5, 5.41) is 16.8. The Morgan fingerprint density at radius 3 is 2.75 bits per heavy atom. The van der Waals surface area contributed by atoms with Gasteiger partial charge in [-0.25, -0.2) is 4.79 Å². The highest BCUT2D eigenvalue weighted by Gasteiger charge is 2.01. The lowest BCUT2D eigenvalue weighted by Crippen LogP contribution is -2.08. The molecular weight excluding hydrogens is 160 g/mol. The van der Waals surface area contributed by atoms with E-state index >= 15 is 0 Å². The number of rotatable bonds is 3. The second-order valence-corrected chi connectivity index (χ2v) is 2.18. The molecule has 0 unspecified atom stereocenters. The number of hydroxylamine groups is 1. The summed E-state index contributed by atoms with van der Waals surface area (Å²) in [5.41, 5.74) is 2.64. The number of nitrogens with one attached hydrogen (secondary N) is 1. The van der Waals surface area contributed by atoms with E-state index in [0.29, 0.717) is 5.69 Å². The molecule has 0 atom stereocenters. The van der Waals surface area contributed by atoms with Crippen LogP contribution in [0.15, 0.2) is 18.3 Å². The van der Waals surface area contributed by atoms with Gasteiger partial charge >= 0.3 is 5.97 Å². The molecule has 1 aromatic rings. The molecule has 3 N–H and O–H groups in total. The number of aromatic nitrogens is 1. The number of hydrogen-bond acceptors (Lipinski definition) is 4. The van der Waals surface area contributed by atoms with Crippen LogP contribution in [0.5, 0.6) is 0 Å². The van der Waals surface area contributed by atoms with E-state index in [2.05, 4.69) is 4.98 Å². The molecule has 0 aliphatic heterocycles. The molecule has 0 spiro atoms. The predicted octanol–water partition coefficient (Wildman–Crippen LogP) is 0.259. The summed E-state index contributed by atoms with van der Waals surface area (Å²) < 4.78 is 0. The van der Waals surface area contributed by atoms with Crippen molar-refractivity contribution in [3.05, 3.63) is 29.6 Å². The van der Waals surface area contributed by atoms with Crippen LogP contribution in [0.4, 0.5) is 0 Å². The molecule has 1 heterocycles. The lowest BCUT2D eigenvalue weighted by molar-refractivity contribution is 0.0696. The molecule has 0 saturated heterocycles. The molecule has 0 saturated carbocycles. The van der Waals surface area contributed by atoms with E-state index in [1.165, 1.54) is 18.3 Å². The Bertz CT molecular complexity index is 270. The van der Waals surface area contributed by atoms with Crippen molar-refractivity contribution in [3.63, 3.8) is 0 Å². The molecule has 0 amide bonds. The van der Waals surface area contributed by atoms with Crippen molar-refractivity contribution in [2.24, 2.45) is 0 Å². The Balaban J connectivity index is 2.78. The van der Waals surface area contributed by atoms with Gasteiger partial charge in [0.25, 0.3) is 0 Å². The van der Waals surface area contributed by atoms with Crippen molar-refractivity contribution in [2.75, 3.05) is 0 Å². The number of nitrogens with zero attached hydrogens (tertiary/aromatic N) is 1. The van der Waals surface area contributed by atoms with Crippen molar-refractivity contribution in [3.8, 4) is 0 Å². The number of aromatic carboxylic acids is 1. The molecule has 0 aromatic carbocycles. The lowest BCUT2D eigenvalue weighted by atomic mass is 10.2. The first kappa shape index (κ1) is 8.63. The first-order chi connectivity index (χ1) is 5.74. The Labute approximate surface area is 68.6 Å². The molecule has 64 valence electrons. The molecule has 0 bridgehead atoms. The minimum absolute atomic E-state index is 0.136. The maximum atomic E-state index is 10.4. The quantitative estimate of drug-likeness (QED) is 0.564. The first-order valence-corrected chi connectivity index (χ1v) is 3.29. The molecule has 5 heteroatoms. The molecule has 0 aliphatic rings. The molecule has 0 radical (unpaired) electrons. The predicted molar refractivity (Wildman–Crippen MR) is 39.8 cm³/mol. The fourth-order valence-electron chi connectivity index (χ4n) is 0.737. The number of carboxylic acid groups (broad SMARTS) is 1. The minimum atomic E-state index is -1.01. The van der Waals surface area contributed by atoms with Crippen LogP contribution in [-0.2, 0) is 6.54 Å². The van der Waals surface area contributed by atoms with Crippen molar-refractivity contribution in [1.29, 1.82) is 0 Å². The number of carboxylic acids is 1. The summed E-state index contributed by atoms with van der Waals surface area (Å²) in [7, 11) is 0. The molecule has 5 nitrogen and oxygen atoms in total. The van der Waals surface area contributed by atoms with Gasteiger partial charge in [0.1, 0.15) is 0 Å². The van der Waals surface area contributed by atoms with Gasteiger partial charge in [0.05, 0.1) is 17.8 Å². The maximum absolute atomic E-state index is 10.4. The second-order valence-electron chi connectivity index (χ2n) is 2.18. The number of hydrogen-bond donors (Lipinski definition) is 3. The Kier molecular flexibility index (Phi) is 2.73. The third-order valence-corrected chi connectivity index (χ3v) is 1.33. The highest BCUT2D eigenvalue weighted by atomic mass is 16.5. The number of carbonyl (C=O) groups is 1. The van der Waals surface area contributed by atoms with E-state index in [1.54, 1.807) is 0 Å². The van der Waals surface area contributed by atoms with Gasteiger partial charge in [0, 0.05) is 6.20 Å². The van der Waals surface area contributed by atoms with Gasteiger partial charge in [-0.15, -0.1) is 0 Å². The van der Waals surface area contributed by atoms with Gasteiger partial charge in [0.2, 0.25) is 0 Å². The zero-order valence-electron chi connectivity index (χ0n) is 6.19. The van der Waals surface area contributed by atoms with Crippen molar-refractivity contribution < 1.29 is 15.1 Å². The van der Waals surface area contributed by atoms with Gasteiger partial charge in [-0.3, -0.25) is 4.98 Å².